The summed E-state index contributed by atoms with van der Waals surface area (Å²) in [6.45, 7) is 0.519. The van der Waals surface area contributed by atoms with Crippen molar-refractivity contribution in [3.8, 4) is 5.88 Å². The van der Waals surface area contributed by atoms with E-state index in [4.69, 9.17) is 22.7 Å². The van der Waals surface area contributed by atoms with Crippen molar-refractivity contribution >= 4 is 28.5 Å². The van der Waals surface area contributed by atoms with Crippen molar-refractivity contribution < 1.29 is 4.74 Å². The van der Waals surface area contributed by atoms with Crippen LogP contribution in [0.4, 0.5) is 0 Å². The number of thiophene rings is 1. The molecule has 0 fully saturated rings. The summed E-state index contributed by atoms with van der Waals surface area (Å²) in [4.78, 5) is 5.59. The van der Waals surface area contributed by atoms with Crippen molar-refractivity contribution in [3.63, 3.8) is 0 Å². The molecule has 5 heteroatoms. The molecule has 3 nitrogen and oxygen atoms in total. The van der Waals surface area contributed by atoms with Crippen LogP contribution >= 0.6 is 23.6 Å². The molecule has 2 heterocycles. The first-order valence-corrected chi connectivity index (χ1v) is 5.95. The second-order valence-electron chi connectivity index (χ2n) is 3.12. The number of nitrogens with zero attached hydrogens (tertiary/aromatic N) is 1. The maximum atomic E-state index is 5.53. The summed E-state index contributed by atoms with van der Waals surface area (Å²) in [5.41, 5.74) is 6.29. The Morgan fingerprint density at radius 2 is 2.38 bits per heavy atom. The average Bonchev–Trinajstić information content (AvgIpc) is 2.79. The maximum absolute atomic E-state index is 5.53. The lowest BCUT2D eigenvalue weighted by Crippen LogP contribution is -2.09. The predicted octanol–water partition coefficient (Wildman–Crippen LogP) is 2.36. The maximum Gasteiger partial charge on any atom is 0.214 e. The van der Waals surface area contributed by atoms with Gasteiger partial charge in [0.25, 0.3) is 0 Å². The smallest absolute Gasteiger partial charge is 0.214 e. The molecule has 0 bridgehead atoms. The van der Waals surface area contributed by atoms with Crippen LogP contribution in [0.2, 0.25) is 0 Å². The van der Waals surface area contributed by atoms with Gasteiger partial charge in [0, 0.05) is 22.7 Å². The highest BCUT2D eigenvalue weighted by Crippen LogP contribution is 2.14. The minimum absolute atomic E-state index is 0.350. The second-order valence-corrected chi connectivity index (χ2v) is 4.59. The number of pyridine rings is 1. The molecule has 0 spiro atoms. The molecular formula is C11H10N2OS2. The van der Waals surface area contributed by atoms with Gasteiger partial charge in [-0.2, -0.15) is 0 Å². The Kier molecular flexibility index (Phi) is 3.48. The summed E-state index contributed by atoms with van der Waals surface area (Å²) in [7, 11) is 0. The Balaban J connectivity index is 2.04. The van der Waals surface area contributed by atoms with E-state index in [0.29, 0.717) is 17.5 Å². The number of hydrogen-bond acceptors (Lipinski definition) is 4. The van der Waals surface area contributed by atoms with Crippen LogP contribution in [0.15, 0.2) is 35.8 Å². The summed E-state index contributed by atoms with van der Waals surface area (Å²) in [5.74, 6) is 0.540. The first kappa shape index (κ1) is 11.0. The van der Waals surface area contributed by atoms with E-state index in [-0.39, 0.29) is 0 Å². The van der Waals surface area contributed by atoms with E-state index in [1.54, 1.807) is 29.7 Å². The zero-order valence-corrected chi connectivity index (χ0v) is 10.1. The van der Waals surface area contributed by atoms with Gasteiger partial charge in [-0.05, 0) is 17.5 Å². The molecule has 0 saturated heterocycles. The molecule has 2 N–H and O–H groups in total. The van der Waals surface area contributed by atoms with E-state index < -0.39 is 0 Å². The summed E-state index contributed by atoms with van der Waals surface area (Å²) in [6, 6.07) is 7.51. The van der Waals surface area contributed by atoms with Gasteiger partial charge >= 0.3 is 0 Å². The molecule has 2 aromatic rings. The Morgan fingerprint density at radius 3 is 3.06 bits per heavy atom. The molecular weight excluding hydrogens is 240 g/mol. The standard InChI is InChI=1S/C11H10N2OS2/c12-11(15)8-3-4-13-10(6-8)14-7-9-2-1-5-16-9/h1-6H,7H2,(H2,12,15). The minimum atomic E-state index is 0.350. The van der Waals surface area contributed by atoms with Gasteiger partial charge in [0.15, 0.2) is 0 Å². The third kappa shape index (κ3) is 2.77. The predicted molar refractivity (Wildman–Crippen MR) is 68.8 cm³/mol. The molecule has 0 amide bonds. The van der Waals surface area contributed by atoms with E-state index in [1.807, 2.05) is 17.5 Å². The number of hydrogen-bond donors (Lipinski definition) is 1. The third-order valence-electron chi connectivity index (χ3n) is 1.96. The summed E-state index contributed by atoms with van der Waals surface area (Å²) < 4.78 is 5.53. The van der Waals surface area contributed by atoms with E-state index in [9.17, 15) is 0 Å². The van der Waals surface area contributed by atoms with Crippen LogP contribution in [0.3, 0.4) is 0 Å². The van der Waals surface area contributed by atoms with Gasteiger partial charge in [-0.3, -0.25) is 0 Å². The van der Waals surface area contributed by atoms with Crippen molar-refractivity contribution in [1.29, 1.82) is 0 Å². The lowest BCUT2D eigenvalue weighted by molar-refractivity contribution is 0.297. The Morgan fingerprint density at radius 1 is 1.50 bits per heavy atom. The zero-order chi connectivity index (χ0) is 11.4. The number of rotatable bonds is 4. The van der Waals surface area contributed by atoms with E-state index in [2.05, 4.69) is 4.98 Å². The van der Waals surface area contributed by atoms with Crippen LogP contribution in [0, 0.1) is 0 Å². The summed E-state index contributed by atoms with van der Waals surface area (Å²) >= 11 is 6.53. The SMILES string of the molecule is NC(=S)c1ccnc(OCc2cccs2)c1. The van der Waals surface area contributed by atoms with Gasteiger partial charge in [-0.25, -0.2) is 4.98 Å². The van der Waals surface area contributed by atoms with Gasteiger partial charge in [0.1, 0.15) is 11.6 Å². The fraction of sp³-hybridized carbons (Fsp3) is 0.0909. The largest absolute Gasteiger partial charge is 0.472 e. The first-order chi connectivity index (χ1) is 7.75. The first-order valence-electron chi connectivity index (χ1n) is 4.67. The van der Waals surface area contributed by atoms with Crippen molar-refractivity contribution in [2.45, 2.75) is 6.61 Å². The zero-order valence-electron chi connectivity index (χ0n) is 8.42. The van der Waals surface area contributed by atoms with Crippen LogP contribution in [0.1, 0.15) is 10.4 Å². The molecule has 16 heavy (non-hydrogen) atoms. The van der Waals surface area contributed by atoms with E-state index in [0.717, 1.165) is 10.4 Å². The molecule has 0 unspecified atom stereocenters. The van der Waals surface area contributed by atoms with Gasteiger partial charge in [0.05, 0.1) is 0 Å². The molecule has 0 aromatic carbocycles. The van der Waals surface area contributed by atoms with Gasteiger partial charge < -0.3 is 10.5 Å². The topological polar surface area (TPSA) is 48.1 Å². The van der Waals surface area contributed by atoms with Gasteiger partial charge in [-0.1, -0.05) is 18.3 Å². The Bertz CT molecular complexity index is 482. The van der Waals surface area contributed by atoms with Crippen molar-refractivity contribution in [2.24, 2.45) is 5.73 Å². The molecule has 0 saturated carbocycles. The van der Waals surface area contributed by atoms with Crippen LogP contribution in [-0.4, -0.2) is 9.97 Å². The fourth-order valence-electron chi connectivity index (χ4n) is 1.18. The molecule has 0 radical (unpaired) electrons. The molecule has 82 valence electrons. The molecule has 0 aliphatic carbocycles. The third-order valence-corrected chi connectivity index (χ3v) is 3.05. The van der Waals surface area contributed by atoms with E-state index >= 15 is 0 Å². The molecule has 0 aliphatic rings. The molecule has 2 rings (SSSR count). The quantitative estimate of drug-likeness (QED) is 0.846. The summed E-state index contributed by atoms with van der Waals surface area (Å²) in [6.07, 6.45) is 1.64. The molecule has 2 aromatic heterocycles. The van der Waals surface area contributed by atoms with Crippen LogP contribution in [-0.2, 0) is 6.61 Å². The highest BCUT2D eigenvalue weighted by Gasteiger charge is 2.01. The van der Waals surface area contributed by atoms with Crippen molar-refractivity contribution in [3.05, 3.63) is 46.3 Å². The lowest BCUT2D eigenvalue weighted by Gasteiger charge is -2.04. The second kappa shape index (κ2) is 5.05. The number of thiocarbonyl (C=S) groups is 1. The normalized spacial score (nSPS) is 10.0. The van der Waals surface area contributed by atoms with Crippen molar-refractivity contribution in [2.75, 3.05) is 0 Å². The molecule has 0 atom stereocenters. The average molecular weight is 250 g/mol. The van der Waals surface area contributed by atoms with E-state index in [1.165, 1.54) is 0 Å². The lowest BCUT2D eigenvalue weighted by atomic mass is 10.3. The van der Waals surface area contributed by atoms with Gasteiger partial charge in [0.2, 0.25) is 5.88 Å². The Hall–Kier alpha value is -1.46. The minimum Gasteiger partial charge on any atom is -0.472 e. The van der Waals surface area contributed by atoms with Crippen LogP contribution in [0.25, 0.3) is 0 Å². The van der Waals surface area contributed by atoms with Gasteiger partial charge in [-0.15, -0.1) is 11.3 Å². The summed E-state index contributed by atoms with van der Waals surface area (Å²) in [5, 5.41) is 2.01. The van der Waals surface area contributed by atoms with Crippen LogP contribution < -0.4 is 10.5 Å². The fourth-order valence-corrected chi connectivity index (χ4v) is 1.92. The number of ether oxygens (including phenoxy) is 1. The van der Waals surface area contributed by atoms with Crippen LogP contribution in [0.5, 0.6) is 5.88 Å². The monoisotopic (exact) mass is 250 g/mol. The number of aromatic nitrogens is 1. The van der Waals surface area contributed by atoms with Crippen molar-refractivity contribution in [1.82, 2.24) is 4.98 Å². The Labute approximate surface area is 103 Å². The number of nitrogens with two attached hydrogens (primary N) is 1. The molecule has 0 aliphatic heterocycles. The highest BCUT2D eigenvalue weighted by atomic mass is 32.1. The highest BCUT2D eigenvalue weighted by molar-refractivity contribution is 7.80.